The van der Waals surface area contributed by atoms with Crippen molar-refractivity contribution in [2.75, 3.05) is 11.9 Å². The highest BCUT2D eigenvalue weighted by Crippen LogP contribution is 2.17. The van der Waals surface area contributed by atoms with Crippen LogP contribution in [0.1, 0.15) is 12.0 Å². The summed E-state index contributed by atoms with van der Waals surface area (Å²) in [5.74, 6) is 0.245. The Morgan fingerprint density at radius 3 is 3.11 bits per heavy atom. The number of anilines is 1. The number of H-pyrrole nitrogens is 1. The molecule has 0 spiro atoms. The van der Waals surface area contributed by atoms with Crippen LogP contribution in [0.25, 0.3) is 16.8 Å². The van der Waals surface area contributed by atoms with Gasteiger partial charge in [-0.25, -0.2) is 9.50 Å². The molecule has 7 nitrogen and oxygen atoms in total. The second kappa shape index (κ2) is 4.27. The highest BCUT2D eigenvalue weighted by Gasteiger charge is 2.09. The summed E-state index contributed by atoms with van der Waals surface area (Å²) >= 11 is 0. The Labute approximate surface area is 108 Å². The molecule has 7 heteroatoms. The molecule has 3 aromatic rings. The fourth-order valence-electron chi connectivity index (χ4n) is 1.96. The summed E-state index contributed by atoms with van der Waals surface area (Å²) in [4.78, 5) is 19.1. The van der Waals surface area contributed by atoms with E-state index in [0.717, 1.165) is 16.6 Å². The third-order valence-electron chi connectivity index (χ3n) is 2.85. The number of aryl methyl sites for hydroxylation is 1. The summed E-state index contributed by atoms with van der Waals surface area (Å²) < 4.78 is 1.78. The Balaban J connectivity index is 1.91. The standard InChI is InChI=1S/C12H13N5O2/c1-7-2-3-9-8(6-7)14-12-15-11(16-17(9)12)13-5-4-10(18)19/h2-3,6H,4-5H2,1H3,(H,18,19)(H2,13,14,15,16). The van der Waals surface area contributed by atoms with Gasteiger partial charge in [0.05, 0.1) is 17.5 Å². The number of carbonyl (C=O) groups is 1. The van der Waals surface area contributed by atoms with E-state index in [1.54, 1.807) is 4.52 Å². The largest absolute Gasteiger partial charge is 0.481 e. The zero-order valence-electron chi connectivity index (χ0n) is 10.3. The second-order valence-corrected chi connectivity index (χ2v) is 4.38. The molecular weight excluding hydrogens is 246 g/mol. The molecule has 3 rings (SSSR count). The summed E-state index contributed by atoms with van der Waals surface area (Å²) in [6.45, 7) is 2.34. The first-order chi connectivity index (χ1) is 9.13. The molecule has 0 atom stereocenters. The van der Waals surface area contributed by atoms with Crippen molar-refractivity contribution >= 4 is 28.7 Å². The van der Waals surface area contributed by atoms with Crippen molar-refractivity contribution in [3.63, 3.8) is 0 Å². The zero-order valence-corrected chi connectivity index (χ0v) is 10.3. The Morgan fingerprint density at radius 2 is 2.32 bits per heavy atom. The van der Waals surface area contributed by atoms with Crippen molar-refractivity contribution in [3.8, 4) is 0 Å². The van der Waals surface area contributed by atoms with Crippen LogP contribution in [0.3, 0.4) is 0 Å². The van der Waals surface area contributed by atoms with E-state index in [9.17, 15) is 4.79 Å². The Kier molecular flexibility index (Phi) is 2.59. The van der Waals surface area contributed by atoms with Crippen molar-refractivity contribution in [2.45, 2.75) is 13.3 Å². The van der Waals surface area contributed by atoms with E-state index in [1.165, 1.54) is 0 Å². The molecule has 0 amide bonds. The van der Waals surface area contributed by atoms with Gasteiger partial charge in [0.1, 0.15) is 0 Å². The van der Waals surface area contributed by atoms with Gasteiger partial charge in [0, 0.05) is 6.54 Å². The minimum atomic E-state index is -0.843. The number of nitrogens with one attached hydrogen (secondary N) is 2. The van der Waals surface area contributed by atoms with E-state index in [4.69, 9.17) is 5.11 Å². The van der Waals surface area contributed by atoms with Crippen molar-refractivity contribution in [1.29, 1.82) is 0 Å². The molecule has 3 N–H and O–H groups in total. The van der Waals surface area contributed by atoms with Crippen LogP contribution >= 0.6 is 0 Å². The van der Waals surface area contributed by atoms with Crippen LogP contribution in [0.15, 0.2) is 18.2 Å². The van der Waals surface area contributed by atoms with E-state index in [0.29, 0.717) is 18.3 Å². The average Bonchev–Trinajstić information content (AvgIpc) is 2.84. The maximum Gasteiger partial charge on any atom is 0.305 e. The predicted octanol–water partition coefficient (Wildman–Crippen LogP) is 1.41. The van der Waals surface area contributed by atoms with Gasteiger partial charge in [0.15, 0.2) is 0 Å². The fourth-order valence-corrected chi connectivity index (χ4v) is 1.96. The molecule has 0 aliphatic rings. The van der Waals surface area contributed by atoms with Crippen LogP contribution < -0.4 is 5.32 Å². The normalized spacial score (nSPS) is 11.2. The van der Waals surface area contributed by atoms with E-state index < -0.39 is 5.97 Å². The van der Waals surface area contributed by atoms with Gasteiger partial charge >= 0.3 is 5.97 Å². The zero-order chi connectivity index (χ0) is 13.4. The summed E-state index contributed by atoms with van der Waals surface area (Å²) in [5, 5.41) is 14.5. The smallest absolute Gasteiger partial charge is 0.305 e. The molecule has 1 aromatic carbocycles. The minimum absolute atomic E-state index is 0.0446. The highest BCUT2D eigenvalue weighted by atomic mass is 16.4. The highest BCUT2D eigenvalue weighted by molar-refractivity contribution is 5.80. The number of aliphatic carboxylic acids is 1. The molecule has 0 saturated heterocycles. The Hall–Kier alpha value is -2.57. The number of carboxylic acid groups (broad SMARTS) is 1. The number of imidazole rings is 1. The van der Waals surface area contributed by atoms with Gasteiger partial charge in [-0.2, -0.15) is 4.98 Å². The number of rotatable bonds is 4. The third kappa shape index (κ3) is 2.10. The lowest BCUT2D eigenvalue weighted by atomic mass is 10.2. The molecule has 0 saturated carbocycles. The van der Waals surface area contributed by atoms with Crippen LogP contribution in [-0.2, 0) is 4.79 Å². The molecule has 19 heavy (non-hydrogen) atoms. The number of hydrogen-bond donors (Lipinski definition) is 3. The van der Waals surface area contributed by atoms with Crippen LogP contribution in [0, 0.1) is 6.92 Å². The lowest BCUT2D eigenvalue weighted by Crippen LogP contribution is -2.08. The van der Waals surface area contributed by atoms with E-state index in [-0.39, 0.29) is 6.42 Å². The lowest BCUT2D eigenvalue weighted by molar-refractivity contribution is -0.136. The maximum absolute atomic E-state index is 10.4. The van der Waals surface area contributed by atoms with E-state index >= 15 is 0 Å². The number of aromatic nitrogens is 4. The number of benzene rings is 1. The van der Waals surface area contributed by atoms with Crippen molar-refractivity contribution < 1.29 is 9.90 Å². The first-order valence-corrected chi connectivity index (χ1v) is 5.94. The van der Waals surface area contributed by atoms with Crippen LogP contribution in [0.2, 0.25) is 0 Å². The molecule has 98 valence electrons. The number of fused-ring (bicyclic) bond motifs is 3. The predicted molar refractivity (Wildman–Crippen MR) is 70.3 cm³/mol. The number of nitrogens with zero attached hydrogens (tertiary/aromatic N) is 3. The summed E-state index contributed by atoms with van der Waals surface area (Å²) in [6.07, 6.45) is 0.0446. The van der Waals surface area contributed by atoms with Crippen LogP contribution in [0.5, 0.6) is 0 Å². The van der Waals surface area contributed by atoms with Gasteiger partial charge in [0.25, 0.3) is 5.78 Å². The molecule has 0 radical (unpaired) electrons. The van der Waals surface area contributed by atoms with Gasteiger partial charge in [-0.15, -0.1) is 0 Å². The SMILES string of the molecule is Cc1ccc2c(c1)nc1nc(NCCC(=O)O)[nH]n12. The van der Waals surface area contributed by atoms with Gasteiger partial charge in [0.2, 0.25) is 5.95 Å². The third-order valence-corrected chi connectivity index (χ3v) is 2.85. The Bertz CT molecular complexity index is 758. The molecule has 0 aliphatic heterocycles. The molecule has 2 heterocycles. The van der Waals surface area contributed by atoms with Gasteiger partial charge in [-0.05, 0) is 24.6 Å². The quantitative estimate of drug-likeness (QED) is 0.658. The van der Waals surface area contributed by atoms with Gasteiger partial charge in [-0.1, -0.05) is 6.07 Å². The number of hydrogen-bond acceptors (Lipinski definition) is 4. The molecular formula is C12H13N5O2. The monoisotopic (exact) mass is 259 g/mol. The van der Waals surface area contributed by atoms with Crippen molar-refractivity contribution in [3.05, 3.63) is 23.8 Å². The maximum atomic E-state index is 10.4. The van der Waals surface area contributed by atoms with Crippen molar-refractivity contribution in [2.24, 2.45) is 0 Å². The second-order valence-electron chi connectivity index (χ2n) is 4.38. The summed E-state index contributed by atoms with van der Waals surface area (Å²) in [7, 11) is 0. The summed E-state index contributed by atoms with van der Waals surface area (Å²) in [5.41, 5.74) is 2.98. The first-order valence-electron chi connectivity index (χ1n) is 5.94. The summed E-state index contributed by atoms with van der Waals surface area (Å²) in [6, 6.07) is 5.98. The van der Waals surface area contributed by atoms with Crippen molar-refractivity contribution in [1.82, 2.24) is 19.6 Å². The minimum Gasteiger partial charge on any atom is -0.481 e. The molecule has 0 unspecified atom stereocenters. The molecule has 0 aliphatic carbocycles. The van der Waals surface area contributed by atoms with E-state index in [1.807, 2.05) is 25.1 Å². The van der Waals surface area contributed by atoms with E-state index in [2.05, 4.69) is 20.4 Å². The number of carboxylic acids is 1. The number of aromatic amines is 1. The molecule has 2 aromatic heterocycles. The molecule has 0 fully saturated rings. The van der Waals surface area contributed by atoms with Crippen LogP contribution in [0.4, 0.5) is 5.95 Å². The first kappa shape index (κ1) is 11.5. The van der Waals surface area contributed by atoms with Crippen LogP contribution in [-0.4, -0.2) is 37.2 Å². The average molecular weight is 259 g/mol. The lowest BCUT2D eigenvalue weighted by Gasteiger charge is -1.98. The fraction of sp³-hybridized carbons (Fsp3) is 0.250. The topological polar surface area (TPSA) is 95.3 Å². The molecule has 0 bridgehead atoms. The Morgan fingerprint density at radius 1 is 1.47 bits per heavy atom. The van der Waals surface area contributed by atoms with Gasteiger partial charge in [-0.3, -0.25) is 9.89 Å². The van der Waals surface area contributed by atoms with Gasteiger partial charge < -0.3 is 10.4 Å².